The third-order valence-electron chi connectivity index (χ3n) is 3.46. The number of hydrogen-bond donors (Lipinski definition) is 2. The van der Waals surface area contributed by atoms with Gasteiger partial charge in [0.1, 0.15) is 0 Å². The Labute approximate surface area is 156 Å². The molecule has 0 heterocycles. The Kier molecular flexibility index (Phi) is 7.25. The van der Waals surface area contributed by atoms with Crippen molar-refractivity contribution < 1.29 is 14.3 Å². The molecular formula is C18H18Cl2N2O3. The van der Waals surface area contributed by atoms with Gasteiger partial charge in [0.05, 0.1) is 19.2 Å². The highest BCUT2D eigenvalue weighted by Gasteiger charge is 2.06. The van der Waals surface area contributed by atoms with Crippen LogP contribution in [0, 0.1) is 0 Å². The van der Waals surface area contributed by atoms with E-state index in [0.717, 1.165) is 5.56 Å². The van der Waals surface area contributed by atoms with E-state index in [1.54, 1.807) is 36.4 Å². The van der Waals surface area contributed by atoms with Gasteiger partial charge in [-0.1, -0.05) is 29.3 Å². The van der Waals surface area contributed by atoms with Gasteiger partial charge in [-0.05, 0) is 54.9 Å². The third-order valence-corrected chi connectivity index (χ3v) is 4.05. The Morgan fingerprint density at radius 2 is 1.80 bits per heavy atom. The van der Waals surface area contributed by atoms with Gasteiger partial charge in [0, 0.05) is 15.7 Å². The Hall–Kier alpha value is -2.08. The zero-order chi connectivity index (χ0) is 18.2. The van der Waals surface area contributed by atoms with E-state index in [4.69, 9.17) is 23.2 Å². The van der Waals surface area contributed by atoms with Crippen LogP contribution in [0.1, 0.15) is 15.9 Å². The summed E-state index contributed by atoms with van der Waals surface area (Å²) in [7, 11) is 1.32. The number of esters is 1. The van der Waals surface area contributed by atoms with Gasteiger partial charge in [-0.2, -0.15) is 0 Å². The second kappa shape index (κ2) is 9.42. The summed E-state index contributed by atoms with van der Waals surface area (Å²) >= 11 is 12.0. The van der Waals surface area contributed by atoms with Crippen LogP contribution in [0.15, 0.2) is 42.5 Å². The summed E-state index contributed by atoms with van der Waals surface area (Å²) in [5.41, 5.74) is 2.01. The zero-order valence-corrected chi connectivity index (χ0v) is 15.2. The number of carbonyl (C=O) groups is 2. The van der Waals surface area contributed by atoms with Crippen LogP contribution in [0.4, 0.5) is 5.69 Å². The number of amides is 1. The molecule has 0 saturated carbocycles. The summed E-state index contributed by atoms with van der Waals surface area (Å²) < 4.78 is 4.62. The van der Waals surface area contributed by atoms with Crippen LogP contribution in [-0.2, 0) is 16.0 Å². The van der Waals surface area contributed by atoms with Crippen molar-refractivity contribution in [3.05, 3.63) is 63.6 Å². The lowest BCUT2D eigenvalue weighted by Gasteiger charge is -2.08. The first-order chi connectivity index (χ1) is 12.0. The van der Waals surface area contributed by atoms with Crippen LogP contribution in [0.3, 0.4) is 0 Å². The predicted molar refractivity (Wildman–Crippen MR) is 99.4 cm³/mol. The smallest absolute Gasteiger partial charge is 0.337 e. The molecule has 0 radical (unpaired) electrons. The number of hydrogen-bond acceptors (Lipinski definition) is 4. The van der Waals surface area contributed by atoms with E-state index in [1.807, 2.05) is 6.07 Å². The molecule has 2 aromatic carbocycles. The normalized spacial score (nSPS) is 10.4. The Morgan fingerprint density at radius 1 is 1.08 bits per heavy atom. The lowest BCUT2D eigenvalue weighted by atomic mass is 10.1. The minimum Gasteiger partial charge on any atom is -0.465 e. The second-order valence-corrected chi connectivity index (χ2v) is 6.12. The maximum Gasteiger partial charge on any atom is 0.337 e. The number of nitrogens with one attached hydrogen (secondary N) is 2. The molecule has 2 aromatic rings. The molecule has 0 saturated heterocycles. The topological polar surface area (TPSA) is 67.4 Å². The minimum atomic E-state index is -0.416. The largest absolute Gasteiger partial charge is 0.465 e. The van der Waals surface area contributed by atoms with Crippen molar-refractivity contribution in [1.29, 1.82) is 0 Å². The average Bonchev–Trinajstić information content (AvgIpc) is 2.60. The van der Waals surface area contributed by atoms with Crippen molar-refractivity contribution >= 4 is 40.8 Å². The maximum atomic E-state index is 11.9. The highest BCUT2D eigenvalue weighted by molar-refractivity contribution is 6.35. The third kappa shape index (κ3) is 6.05. The molecule has 2 rings (SSSR count). The number of ether oxygens (including phenoxy) is 1. The molecule has 5 nitrogen and oxygen atoms in total. The van der Waals surface area contributed by atoms with E-state index in [9.17, 15) is 9.59 Å². The van der Waals surface area contributed by atoms with E-state index in [0.29, 0.717) is 34.3 Å². The lowest BCUT2D eigenvalue weighted by molar-refractivity contribution is -0.115. The molecule has 0 atom stereocenters. The molecule has 0 aliphatic rings. The number of benzene rings is 2. The van der Waals surface area contributed by atoms with E-state index in [1.165, 1.54) is 7.11 Å². The van der Waals surface area contributed by atoms with E-state index >= 15 is 0 Å². The molecule has 0 spiro atoms. The molecule has 1 amide bonds. The fraction of sp³-hybridized carbons (Fsp3) is 0.222. The molecular weight excluding hydrogens is 363 g/mol. The van der Waals surface area contributed by atoms with Crippen LogP contribution >= 0.6 is 23.2 Å². The molecule has 0 unspecified atom stereocenters. The molecule has 7 heteroatoms. The summed E-state index contributed by atoms with van der Waals surface area (Å²) in [5.74, 6) is -0.589. The van der Waals surface area contributed by atoms with Gasteiger partial charge >= 0.3 is 5.97 Å². The number of methoxy groups -OCH3 is 1. The molecule has 0 aromatic heterocycles. The first kappa shape index (κ1) is 19.2. The van der Waals surface area contributed by atoms with E-state index < -0.39 is 5.97 Å². The highest BCUT2D eigenvalue weighted by atomic mass is 35.5. The minimum absolute atomic E-state index is 0.171. The molecule has 0 aliphatic heterocycles. The van der Waals surface area contributed by atoms with Gasteiger partial charge in [-0.3, -0.25) is 4.79 Å². The first-order valence-corrected chi connectivity index (χ1v) is 8.38. The van der Waals surface area contributed by atoms with E-state index in [-0.39, 0.29) is 12.5 Å². The molecule has 0 aliphatic carbocycles. The van der Waals surface area contributed by atoms with Crippen LogP contribution in [0.2, 0.25) is 10.0 Å². The van der Waals surface area contributed by atoms with Crippen molar-refractivity contribution in [1.82, 2.24) is 5.32 Å². The second-order valence-electron chi connectivity index (χ2n) is 5.28. The summed E-state index contributed by atoms with van der Waals surface area (Å²) in [5, 5.41) is 7.02. The molecule has 25 heavy (non-hydrogen) atoms. The van der Waals surface area contributed by atoms with Crippen molar-refractivity contribution in [2.24, 2.45) is 0 Å². The number of halogens is 2. The van der Waals surface area contributed by atoms with Crippen LogP contribution < -0.4 is 10.6 Å². The van der Waals surface area contributed by atoms with Crippen LogP contribution in [-0.4, -0.2) is 32.1 Å². The monoisotopic (exact) mass is 380 g/mol. The lowest BCUT2D eigenvalue weighted by Crippen LogP contribution is -2.29. The van der Waals surface area contributed by atoms with Crippen molar-refractivity contribution in [3.8, 4) is 0 Å². The molecule has 0 fully saturated rings. The highest BCUT2D eigenvalue weighted by Crippen LogP contribution is 2.21. The van der Waals surface area contributed by atoms with Gasteiger partial charge in [-0.25, -0.2) is 4.79 Å². The Morgan fingerprint density at radius 3 is 2.44 bits per heavy atom. The Balaban J connectivity index is 1.74. The van der Waals surface area contributed by atoms with Crippen molar-refractivity contribution in [2.75, 3.05) is 25.5 Å². The fourth-order valence-corrected chi connectivity index (χ4v) is 2.67. The number of carbonyl (C=O) groups excluding carboxylic acids is 2. The maximum absolute atomic E-state index is 11.9. The van der Waals surface area contributed by atoms with Gasteiger partial charge in [0.15, 0.2) is 0 Å². The van der Waals surface area contributed by atoms with Crippen LogP contribution in [0.25, 0.3) is 0 Å². The molecule has 0 bridgehead atoms. The SMILES string of the molecule is COC(=O)c1ccc(NC(=O)CNCCc2ccc(Cl)cc2Cl)cc1. The van der Waals surface area contributed by atoms with Gasteiger partial charge in [0.25, 0.3) is 0 Å². The quantitative estimate of drug-likeness (QED) is 0.569. The van der Waals surface area contributed by atoms with Crippen molar-refractivity contribution in [3.63, 3.8) is 0 Å². The molecule has 132 valence electrons. The summed E-state index contributed by atoms with van der Waals surface area (Å²) in [6, 6.07) is 11.8. The van der Waals surface area contributed by atoms with Crippen LogP contribution in [0.5, 0.6) is 0 Å². The summed E-state index contributed by atoms with van der Waals surface area (Å²) in [6.45, 7) is 0.778. The zero-order valence-electron chi connectivity index (χ0n) is 13.6. The molecule has 2 N–H and O–H groups in total. The van der Waals surface area contributed by atoms with Gasteiger partial charge in [0.2, 0.25) is 5.91 Å². The number of rotatable bonds is 7. The van der Waals surface area contributed by atoms with Gasteiger partial charge < -0.3 is 15.4 Å². The van der Waals surface area contributed by atoms with Crippen molar-refractivity contribution in [2.45, 2.75) is 6.42 Å². The average molecular weight is 381 g/mol. The number of anilines is 1. The van der Waals surface area contributed by atoms with E-state index in [2.05, 4.69) is 15.4 Å². The van der Waals surface area contributed by atoms with Gasteiger partial charge in [-0.15, -0.1) is 0 Å². The summed E-state index contributed by atoms with van der Waals surface area (Å²) in [4.78, 5) is 23.2. The predicted octanol–water partition coefficient (Wildman–Crippen LogP) is 3.55. The fourth-order valence-electron chi connectivity index (χ4n) is 2.16. The Bertz CT molecular complexity index is 748. The standard InChI is InChI=1S/C18H18Cl2N2O3/c1-25-18(24)13-3-6-15(7-4-13)22-17(23)11-21-9-8-12-2-5-14(19)10-16(12)20/h2-7,10,21H,8-9,11H2,1H3,(H,22,23). The summed E-state index contributed by atoms with van der Waals surface area (Å²) in [6.07, 6.45) is 0.692. The first-order valence-electron chi connectivity index (χ1n) is 7.62.